The number of primary amides is 1. The van der Waals surface area contributed by atoms with Crippen molar-refractivity contribution >= 4 is 33.8 Å². The van der Waals surface area contributed by atoms with E-state index in [-0.39, 0.29) is 5.91 Å². The monoisotopic (exact) mass is 401 g/mol. The van der Waals surface area contributed by atoms with Crippen molar-refractivity contribution in [1.29, 1.82) is 5.26 Å². The highest BCUT2D eigenvalue weighted by Gasteiger charge is 2.50. The van der Waals surface area contributed by atoms with Crippen LogP contribution >= 0.6 is 0 Å². The van der Waals surface area contributed by atoms with Gasteiger partial charge in [-0.2, -0.15) is 5.26 Å². The highest BCUT2D eigenvalue weighted by molar-refractivity contribution is 6.11. The van der Waals surface area contributed by atoms with Crippen molar-refractivity contribution in [3.63, 3.8) is 0 Å². The van der Waals surface area contributed by atoms with Crippen LogP contribution < -0.4 is 11.1 Å². The predicted octanol–water partition coefficient (Wildman–Crippen LogP) is 4.06. The first-order chi connectivity index (χ1) is 14.5. The van der Waals surface area contributed by atoms with Crippen LogP contribution in [0.4, 0.5) is 0 Å². The minimum atomic E-state index is -0.818. The summed E-state index contributed by atoms with van der Waals surface area (Å²) >= 11 is 0. The second-order valence-electron chi connectivity index (χ2n) is 8.65. The highest BCUT2D eigenvalue weighted by atomic mass is 16.3. The van der Waals surface area contributed by atoms with Crippen LogP contribution in [-0.2, 0) is 10.2 Å². The Balaban J connectivity index is 1.78. The minimum absolute atomic E-state index is 0.130. The zero-order valence-corrected chi connectivity index (χ0v) is 16.7. The summed E-state index contributed by atoms with van der Waals surface area (Å²) in [6.45, 7) is 0. The topological polar surface area (TPSA) is 109 Å². The Hall–Kier alpha value is -3.33. The van der Waals surface area contributed by atoms with Crippen molar-refractivity contribution < 1.29 is 14.0 Å². The zero-order chi connectivity index (χ0) is 20.9. The molecule has 0 unspecified atom stereocenters. The lowest BCUT2D eigenvalue weighted by molar-refractivity contribution is -0.128. The van der Waals surface area contributed by atoms with Crippen LogP contribution in [0.3, 0.4) is 0 Å². The molecule has 5 rings (SSSR count). The van der Waals surface area contributed by atoms with E-state index in [4.69, 9.17) is 10.2 Å². The van der Waals surface area contributed by atoms with Gasteiger partial charge in [0.15, 0.2) is 0 Å². The first-order valence-electron chi connectivity index (χ1n) is 10.5. The third kappa shape index (κ3) is 2.77. The summed E-state index contributed by atoms with van der Waals surface area (Å²) in [5.74, 6) is -0.685. The molecule has 2 saturated carbocycles. The van der Waals surface area contributed by atoms with Gasteiger partial charge in [0.2, 0.25) is 11.8 Å². The average Bonchev–Trinajstić information content (AvgIpc) is 3.44. The van der Waals surface area contributed by atoms with Gasteiger partial charge in [0.1, 0.15) is 16.7 Å². The maximum absolute atomic E-state index is 13.7. The van der Waals surface area contributed by atoms with Crippen molar-refractivity contribution in [2.24, 2.45) is 5.73 Å². The number of nitrogens with two attached hydrogens (primary N) is 1. The molecule has 2 aliphatic rings. The lowest BCUT2D eigenvalue weighted by Gasteiger charge is -2.37. The lowest BCUT2D eigenvalue weighted by atomic mass is 9.67. The van der Waals surface area contributed by atoms with E-state index < -0.39 is 16.9 Å². The summed E-state index contributed by atoms with van der Waals surface area (Å²) in [6, 6.07) is 13.4. The van der Waals surface area contributed by atoms with Crippen LogP contribution in [0.2, 0.25) is 0 Å². The zero-order valence-electron chi connectivity index (χ0n) is 16.7. The maximum Gasteiger partial charge on any atom is 0.248 e. The molecule has 152 valence electrons. The summed E-state index contributed by atoms with van der Waals surface area (Å²) in [5, 5.41) is 14.3. The van der Waals surface area contributed by atoms with Crippen LogP contribution in [0.5, 0.6) is 0 Å². The van der Waals surface area contributed by atoms with Gasteiger partial charge >= 0.3 is 0 Å². The minimum Gasteiger partial charge on any atom is -0.456 e. The van der Waals surface area contributed by atoms with E-state index in [1.54, 1.807) is 12.1 Å². The summed E-state index contributed by atoms with van der Waals surface area (Å²) in [6.07, 6.45) is 5.56. The van der Waals surface area contributed by atoms with Crippen LogP contribution in [0, 0.1) is 11.3 Å². The first-order valence-corrected chi connectivity index (χ1v) is 10.5. The number of carbonyl (C=O) groups excluding carboxylic acids is 2. The molecule has 0 atom stereocenters. The van der Waals surface area contributed by atoms with Crippen LogP contribution in [0.1, 0.15) is 60.9 Å². The number of furan rings is 1. The SMILES string of the molecule is N#CC1(NC(=O)C2(c3cc(C(N)=O)cc4oc5ccccc5c34)CCCCC2)CC1. The molecule has 2 aromatic carbocycles. The number of hydrogen-bond acceptors (Lipinski definition) is 4. The Morgan fingerprint density at radius 1 is 1.03 bits per heavy atom. The molecule has 3 N–H and O–H groups in total. The summed E-state index contributed by atoms with van der Waals surface area (Å²) in [5.41, 5.74) is 6.43. The standard InChI is InChI=1S/C24H23N3O3/c25-14-23(10-11-23)27-22(29)24(8-4-1-5-9-24)17-12-15(21(26)28)13-19-20(17)16-6-2-3-7-18(16)30-19/h2-3,6-7,12-13H,1,4-5,8-11H2,(H2,26,28)(H,27,29). The van der Waals surface area contributed by atoms with Gasteiger partial charge in [-0.05, 0) is 49.4 Å². The van der Waals surface area contributed by atoms with E-state index in [1.165, 1.54) is 0 Å². The number of nitriles is 1. The second-order valence-corrected chi connectivity index (χ2v) is 8.65. The highest BCUT2D eigenvalue weighted by Crippen LogP contribution is 2.47. The number of nitrogens with one attached hydrogen (secondary N) is 1. The number of carbonyl (C=O) groups is 2. The van der Waals surface area contributed by atoms with Crippen molar-refractivity contribution in [2.45, 2.75) is 55.9 Å². The van der Waals surface area contributed by atoms with Crippen LogP contribution in [0.25, 0.3) is 21.9 Å². The normalized spacial score (nSPS) is 19.3. The van der Waals surface area contributed by atoms with Crippen molar-refractivity contribution in [1.82, 2.24) is 5.32 Å². The largest absolute Gasteiger partial charge is 0.456 e. The fraction of sp³-hybridized carbons (Fsp3) is 0.375. The van der Waals surface area contributed by atoms with Crippen molar-refractivity contribution in [2.75, 3.05) is 0 Å². The molecule has 1 aromatic heterocycles. The number of nitrogens with zero attached hydrogens (tertiary/aromatic N) is 1. The Morgan fingerprint density at radius 3 is 2.43 bits per heavy atom. The van der Waals surface area contributed by atoms with E-state index in [9.17, 15) is 14.9 Å². The van der Waals surface area contributed by atoms with Gasteiger partial charge < -0.3 is 15.5 Å². The van der Waals surface area contributed by atoms with Crippen molar-refractivity contribution in [3.05, 3.63) is 47.5 Å². The summed E-state index contributed by atoms with van der Waals surface area (Å²) in [4.78, 5) is 25.8. The van der Waals surface area contributed by atoms with Gasteiger partial charge in [0.05, 0.1) is 11.5 Å². The van der Waals surface area contributed by atoms with E-state index in [1.807, 2.05) is 24.3 Å². The van der Waals surface area contributed by atoms with Crippen LogP contribution in [0.15, 0.2) is 40.8 Å². The molecule has 6 nitrogen and oxygen atoms in total. The molecule has 6 heteroatoms. The van der Waals surface area contributed by atoms with Gasteiger partial charge in [0.25, 0.3) is 0 Å². The Labute approximate surface area is 174 Å². The quantitative estimate of drug-likeness (QED) is 0.687. The number of fused-ring (bicyclic) bond motifs is 3. The third-order valence-corrected chi connectivity index (χ3v) is 6.74. The molecule has 0 bridgehead atoms. The van der Waals surface area contributed by atoms with Gasteiger partial charge in [-0.3, -0.25) is 9.59 Å². The fourth-order valence-electron chi connectivity index (χ4n) is 4.87. The number of hydrogen-bond donors (Lipinski definition) is 2. The van der Waals surface area contributed by atoms with Crippen LogP contribution in [-0.4, -0.2) is 17.4 Å². The van der Waals surface area contributed by atoms with Gasteiger partial charge in [0, 0.05) is 16.3 Å². The van der Waals surface area contributed by atoms with Gasteiger partial charge in [-0.15, -0.1) is 0 Å². The molecule has 0 radical (unpaired) electrons. The average molecular weight is 401 g/mol. The van der Waals surface area contributed by atoms with E-state index >= 15 is 0 Å². The molecular weight excluding hydrogens is 378 g/mol. The summed E-state index contributed by atoms with van der Waals surface area (Å²) < 4.78 is 6.04. The summed E-state index contributed by atoms with van der Waals surface area (Å²) in [7, 11) is 0. The lowest BCUT2D eigenvalue weighted by Crippen LogP contribution is -2.50. The number of benzene rings is 2. The van der Waals surface area contributed by atoms with E-state index in [0.29, 0.717) is 42.4 Å². The van der Waals surface area contributed by atoms with Gasteiger partial charge in [-0.1, -0.05) is 37.5 Å². The fourth-order valence-corrected chi connectivity index (χ4v) is 4.87. The molecule has 0 spiro atoms. The molecule has 1 heterocycles. The maximum atomic E-state index is 13.7. The number of rotatable bonds is 4. The number of para-hydroxylation sites is 1. The van der Waals surface area contributed by atoms with Gasteiger partial charge in [-0.25, -0.2) is 0 Å². The first kappa shape index (κ1) is 18.7. The Bertz CT molecular complexity index is 1220. The molecule has 3 aromatic rings. The second kappa shape index (κ2) is 6.60. The van der Waals surface area contributed by atoms with Crippen molar-refractivity contribution in [3.8, 4) is 6.07 Å². The molecular formula is C24H23N3O3. The van der Waals surface area contributed by atoms with E-state index in [2.05, 4.69) is 11.4 Å². The predicted molar refractivity (Wildman–Crippen MR) is 113 cm³/mol. The van der Waals surface area contributed by atoms with E-state index in [0.717, 1.165) is 35.6 Å². The molecule has 2 fully saturated rings. The Kier molecular flexibility index (Phi) is 4.11. The smallest absolute Gasteiger partial charge is 0.248 e. The molecule has 30 heavy (non-hydrogen) atoms. The Morgan fingerprint density at radius 2 is 1.77 bits per heavy atom. The molecule has 2 aliphatic carbocycles. The molecule has 0 aliphatic heterocycles. The molecule has 0 saturated heterocycles. The molecule has 2 amide bonds. The third-order valence-electron chi connectivity index (χ3n) is 6.74. The number of amides is 2.